The maximum Gasteiger partial charge on any atom is 0.239 e. The highest BCUT2D eigenvalue weighted by Gasteiger charge is 2.23. The van der Waals surface area contributed by atoms with E-state index < -0.39 is 0 Å². The minimum Gasteiger partial charge on any atom is -0.493 e. The molecule has 1 aromatic rings. The molecule has 0 saturated carbocycles. The Hall–Kier alpha value is -1.55. The van der Waals surface area contributed by atoms with Gasteiger partial charge in [-0.15, -0.1) is 0 Å². The van der Waals surface area contributed by atoms with Gasteiger partial charge in [0.15, 0.2) is 0 Å². The number of nitrogens with one attached hydrogen (secondary N) is 1. The van der Waals surface area contributed by atoms with E-state index in [0.717, 1.165) is 38.4 Å². The highest BCUT2D eigenvalue weighted by molar-refractivity contribution is 5.81. The number of amides is 1. The molecule has 0 saturated heterocycles. The number of hydrogen-bond donors (Lipinski definition) is 1. The van der Waals surface area contributed by atoms with Gasteiger partial charge in [-0.05, 0) is 38.8 Å². The average Bonchev–Trinajstić information content (AvgIpc) is 2.53. The zero-order valence-corrected chi connectivity index (χ0v) is 13.3. The van der Waals surface area contributed by atoms with E-state index in [1.165, 1.54) is 5.56 Å². The van der Waals surface area contributed by atoms with Crippen LogP contribution in [0.15, 0.2) is 24.3 Å². The van der Waals surface area contributed by atoms with E-state index >= 15 is 0 Å². The van der Waals surface area contributed by atoms with E-state index in [1.807, 2.05) is 43.9 Å². The van der Waals surface area contributed by atoms with Crippen LogP contribution in [0, 0.1) is 0 Å². The lowest BCUT2D eigenvalue weighted by Crippen LogP contribution is -2.46. The molecule has 1 aliphatic rings. The molecule has 21 heavy (non-hydrogen) atoms. The van der Waals surface area contributed by atoms with Crippen molar-refractivity contribution in [1.82, 2.24) is 10.2 Å². The summed E-state index contributed by atoms with van der Waals surface area (Å²) in [5.74, 6) is 1.58. The molecule has 0 aromatic heterocycles. The molecule has 116 valence electrons. The first-order valence-electron chi connectivity index (χ1n) is 7.91. The van der Waals surface area contributed by atoms with Crippen molar-refractivity contribution in [2.45, 2.75) is 39.2 Å². The quantitative estimate of drug-likeness (QED) is 0.874. The van der Waals surface area contributed by atoms with Gasteiger partial charge in [-0.2, -0.15) is 0 Å². The predicted octanol–water partition coefficient (Wildman–Crippen LogP) is 2.40. The highest BCUT2D eigenvalue weighted by Crippen LogP contribution is 2.32. The van der Waals surface area contributed by atoms with Gasteiger partial charge in [0.1, 0.15) is 5.75 Å². The summed E-state index contributed by atoms with van der Waals surface area (Å²) in [6.45, 7) is 9.08. The topological polar surface area (TPSA) is 41.6 Å². The Bertz CT molecular complexity index is 472. The normalized spacial score (nSPS) is 18.5. The molecule has 1 aliphatic heterocycles. The summed E-state index contributed by atoms with van der Waals surface area (Å²) in [6.07, 6.45) is 0.996. The summed E-state index contributed by atoms with van der Waals surface area (Å²) in [6, 6.07) is 8.05. The Kier molecular flexibility index (Phi) is 5.62. The zero-order chi connectivity index (χ0) is 15.2. The van der Waals surface area contributed by atoms with Gasteiger partial charge in [-0.1, -0.05) is 18.2 Å². The van der Waals surface area contributed by atoms with Crippen LogP contribution < -0.4 is 10.1 Å². The van der Waals surface area contributed by atoms with Gasteiger partial charge in [0, 0.05) is 25.6 Å². The fraction of sp³-hybridized carbons (Fsp3) is 0.588. The van der Waals surface area contributed by atoms with Crippen LogP contribution in [0.1, 0.15) is 38.7 Å². The van der Waals surface area contributed by atoms with Crippen molar-refractivity contribution in [3.05, 3.63) is 29.8 Å². The van der Waals surface area contributed by atoms with E-state index in [9.17, 15) is 4.79 Å². The lowest BCUT2D eigenvalue weighted by molar-refractivity contribution is -0.132. The van der Waals surface area contributed by atoms with Gasteiger partial charge in [-0.3, -0.25) is 4.79 Å². The molecule has 0 bridgehead atoms. The molecule has 1 amide bonds. The van der Waals surface area contributed by atoms with E-state index in [-0.39, 0.29) is 11.9 Å². The fourth-order valence-electron chi connectivity index (χ4n) is 2.84. The Morgan fingerprint density at radius 2 is 2.10 bits per heavy atom. The van der Waals surface area contributed by atoms with Crippen LogP contribution >= 0.6 is 0 Å². The maximum absolute atomic E-state index is 12.3. The Labute approximate surface area is 127 Å². The van der Waals surface area contributed by atoms with Crippen LogP contribution in [0.5, 0.6) is 5.75 Å². The molecular weight excluding hydrogens is 264 g/mol. The van der Waals surface area contributed by atoms with E-state index in [4.69, 9.17) is 4.74 Å². The monoisotopic (exact) mass is 290 g/mol. The number of likely N-dealkylation sites (N-methyl/N-ethyl adjacent to an activating group) is 1. The van der Waals surface area contributed by atoms with Crippen LogP contribution in [-0.4, -0.2) is 43.1 Å². The number of carbonyl (C=O) groups excluding carboxylic acids is 1. The molecule has 0 aliphatic carbocycles. The molecule has 0 radical (unpaired) electrons. The molecule has 1 N–H and O–H groups in total. The summed E-state index contributed by atoms with van der Waals surface area (Å²) in [7, 11) is 0. The lowest BCUT2D eigenvalue weighted by atomic mass is 9.93. The second-order valence-electron chi connectivity index (χ2n) is 5.51. The van der Waals surface area contributed by atoms with Crippen LogP contribution in [0.25, 0.3) is 0 Å². The molecule has 4 nitrogen and oxygen atoms in total. The summed E-state index contributed by atoms with van der Waals surface area (Å²) < 4.78 is 5.68. The zero-order valence-electron chi connectivity index (χ0n) is 13.3. The molecule has 0 spiro atoms. The molecule has 2 unspecified atom stereocenters. The van der Waals surface area contributed by atoms with Crippen LogP contribution in [0.3, 0.4) is 0 Å². The number of fused-ring (bicyclic) bond motifs is 1. The van der Waals surface area contributed by atoms with Crippen molar-refractivity contribution < 1.29 is 9.53 Å². The van der Waals surface area contributed by atoms with Crippen molar-refractivity contribution in [3.8, 4) is 5.75 Å². The largest absolute Gasteiger partial charge is 0.493 e. The molecule has 1 heterocycles. The number of hydrogen-bond acceptors (Lipinski definition) is 3. The van der Waals surface area contributed by atoms with Crippen molar-refractivity contribution in [2.24, 2.45) is 0 Å². The van der Waals surface area contributed by atoms with E-state index in [1.54, 1.807) is 0 Å². The molecule has 0 fully saturated rings. The third-order valence-electron chi connectivity index (χ3n) is 4.20. The molecule has 2 rings (SSSR count). The minimum absolute atomic E-state index is 0.139. The van der Waals surface area contributed by atoms with Gasteiger partial charge in [0.05, 0.1) is 12.6 Å². The van der Waals surface area contributed by atoms with E-state index in [2.05, 4.69) is 11.4 Å². The first kappa shape index (κ1) is 15.8. The van der Waals surface area contributed by atoms with Crippen LogP contribution in [-0.2, 0) is 4.79 Å². The fourth-order valence-corrected chi connectivity index (χ4v) is 2.84. The van der Waals surface area contributed by atoms with Gasteiger partial charge in [0.2, 0.25) is 5.91 Å². The smallest absolute Gasteiger partial charge is 0.239 e. The lowest BCUT2D eigenvalue weighted by Gasteiger charge is -2.28. The number of para-hydroxylation sites is 1. The van der Waals surface area contributed by atoms with Crippen molar-refractivity contribution in [1.29, 1.82) is 0 Å². The minimum atomic E-state index is -0.139. The van der Waals surface area contributed by atoms with Crippen molar-refractivity contribution >= 4 is 5.91 Å². The molecule has 4 heteroatoms. The SMILES string of the molecule is CCN(CC)C(=O)C(C)NCC1CCOc2ccccc21. The molecule has 1 aromatic carbocycles. The standard InChI is InChI=1S/C17H26N2O2/c1-4-19(5-2)17(20)13(3)18-12-14-10-11-21-16-9-7-6-8-15(14)16/h6-9,13-14,18H,4-5,10-12H2,1-3H3. The Balaban J connectivity index is 1.93. The first-order chi connectivity index (χ1) is 10.2. The summed E-state index contributed by atoms with van der Waals surface area (Å²) >= 11 is 0. The third kappa shape index (κ3) is 3.76. The van der Waals surface area contributed by atoms with Crippen LogP contribution in [0.2, 0.25) is 0 Å². The number of benzene rings is 1. The molecule has 2 atom stereocenters. The third-order valence-corrected chi connectivity index (χ3v) is 4.20. The summed E-state index contributed by atoms with van der Waals surface area (Å²) in [5.41, 5.74) is 1.25. The van der Waals surface area contributed by atoms with Gasteiger partial charge >= 0.3 is 0 Å². The highest BCUT2D eigenvalue weighted by atomic mass is 16.5. The van der Waals surface area contributed by atoms with Crippen molar-refractivity contribution in [2.75, 3.05) is 26.2 Å². The number of rotatable bonds is 6. The Morgan fingerprint density at radius 1 is 1.38 bits per heavy atom. The first-order valence-corrected chi connectivity index (χ1v) is 7.91. The number of ether oxygens (including phenoxy) is 1. The average molecular weight is 290 g/mol. The van der Waals surface area contributed by atoms with Gasteiger partial charge in [0.25, 0.3) is 0 Å². The second kappa shape index (κ2) is 7.46. The molecular formula is C17H26N2O2. The Morgan fingerprint density at radius 3 is 2.81 bits per heavy atom. The predicted molar refractivity (Wildman–Crippen MR) is 84.7 cm³/mol. The number of carbonyl (C=O) groups is 1. The van der Waals surface area contributed by atoms with Crippen LogP contribution in [0.4, 0.5) is 0 Å². The number of nitrogens with zero attached hydrogens (tertiary/aromatic N) is 1. The maximum atomic E-state index is 12.3. The van der Waals surface area contributed by atoms with Gasteiger partial charge < -0.3 is 15.0 Å². The van der Waals surface area contributed by atoms with E-state index in [0.29, 0.717) is 5.92 Å². The van der Waals surface area contributed by atoms with Gasteiger partial charge in [-0.25, -0.2) is 0 Å². The van der Waals surface area contributed by atoms with Crippen molar-refractivity contribution in [3.63, 3.8) is 0 Å². The second-order valence-corrected chi connectivity index (χ2v) is 5.51. The summed E-state index contributed by atoms with van der Waals surface area (Å²) in [4.78, 5) is 14.1. The summed E-state index contributed by atoms with van der Waals surface area (Å²) in [5, 5.41) is 3.40.